The molecule has 5 nitrogen and oxygen atoms in total. The van der Waals surface area contributed by atoms with Gasteiger partial charge < -0.3 is 16.0 Å². The van der Waals surface area contributed by atoms with Gasteiger partial charge in [-0.2, -0.15) is 0 Å². The van der Waals surface area contributed by atoms with Crippen molar-refractivity contribution in [3.8, 4) is 0 Å². The van der Waals surface area contributed by atoms with Crippen LogP contribution < -0.4 is 16.0 Å². The molecule has 3 N–H and O–H groups in total. The van der Waals surface area contributed by atoms with Crippen LogP contribution in [0.25, 0.3) is 0 Å². The van der Waals surface area contributed by atoms with Gasteiger partial charge in [-0.15, -0.1) is 0 Å². The number of carbonyl (C=O) groups excluding carboxylic acids is 2. The van der Waals surface area contributed by atoms with Crippen molar-refractivity contribution in [3.05, 3.63) is 29.3 Å². The van der Waals surface area contributed by atoms with E-state index in [2.05, 4.69) is 29.8 Å². The summed E-state index contributed by atoms with van der Waals surface area (Å²) in [4.78, 5) is 24.1. The number of aryl methyl sites for hydroxylation is 1. The Bertz CT molecular complexity index is 565. The maximum Gasteiger partial charge on any atom is 0.319 e. The van der Waals surface area contributed by atoms with E-state index in [0.717, 1.165) is 18.4 Å². The summed E-state index contributed by atoms with van der Waals surface area (Å²) in [6, 6.07) is 5.52. The first-order valence-corrected chi connectivity index (χ1v) is 7.86. The maximum atomic E-state index is 12.1. The van der Waals surface area contributed by atoms with E-state index in [4.69, 9.17) is 0 Å². The zero-order valence-electron chi connectivity index (χ0n) is 13.7. The first-order chi connectivity index (χ1) is 10.4. The molecule has 2 rings (SSSR count). The molecule has 0 saturated heterocycles. The molecule has 1 aromatic carbocycles. The van der Waals surface area contributed by atoms with Gasteiger partial charge in [0.1, 0.15) is 0 Å². The molecule has 1 aliphatic carbocycles. The van der Waals surface area contributed by atoms with E-state index in [1.54, 1.807) is 12.1 Å². The van der Waals surface area contributed by atoms with Crippen molar-refractivity contribution in [1.82, 2.24) is 10.6 Å². The number of hydrogen-bond acceptors (Lipinski definition) is 2. The fourth-order valence-corrected chi connectivity index (χ4v) is 1.93. The molecule has 5 heteroatoms. The van der Waals surface area contributed by atoms with Crippen molar-refractivity contribution in [2.24, 2.45) is 5.92 Å². The molecule has 120 valence electrons. The molecule has 0 spiro atoms. The van der Waals surface area contributed by atoms with Crippen molar-refractivity contribution in [1.29, 1.82) is 0 Å². The highest BCUT2D eigenvalue weighted by Crippen LogP contribution is 2.21. The van der Waals surface area contributed by atoms with Crippen LogP contribution >= 0.6 is 0 Å². The van der Waals surface area contributed by atoms with E-state index >= 15 is 0 Å². The minimum atomic E-state index is -0.246. The molecule has 0 unspecified atom stereocenters. The quantitative estimate of drug-likeness (QED) is 0.782. The van der Waals surface area contributed by atoms with E-state index in [1.807, 2.05) is 19.9 Å². The monoisotopic (exact) mass is 303 g/mol. The summed E-state index contributed by atoms with van der Waals surface area (Å²) in [5.41, 5.74) is 2.16. The van der Waals surface area contributed by atoms with Crippen LogP contribution in [0.2, 0.25) is 0 Å². The smallest absolute Gasteiger partial charge is 0.319 e. The van der Waals surface area contributed by atoms with Gasteiger partial charge in [0.2, 0.25) is 0 Å². The van der Waals surface area contributed by atoms with Crippen LogP contribution in [0.4, 0.5) is 10.5 Å². The lowest BCUT2D eigenvalue weighted by molar-refractivity contribution is 0.0951. The van der Waals surface area contributed by atoms with Gasteiger partial charge in [0.15, 0.2) is 0 Å². The van der Waals surface area contributed by atoms with Crippen LogP contribution in [-0.2, 0) is 0 Å². The van der Waals surface area contributed by atoms with Gasteiger partial charge >= 0.3 is 6.03 Å². The Balaban J connectivity index is 2.02. The van der Waals surface area contributed by atoms with Crippen LogP contribution in [-0.4, -0.2) is 24.0 Å². The summed E-state index contributed by atoms with van der Waals surface area (Å²) in [5.74, 6) is 0.281. The molecule has 1 saturated carbocycles. The molecule has 1 aromatic rings. The minimum absolute atomic E-state index is 0.0819. The average Bonchev–Trinajstić information content (AvgIpc) is 3.24. The fourth-order valence-electron chi connectivity index (χ4n) is 1.93. The van der Waals surface area contributed by atoms with Crippen LogP contribution in [0, 0.1) is 12.8 Å². The second-order valence-electron chi connectivity index (χ2n) is 6.41. The molecule has 1 atom stereocenters. The maximum absolute atomic E-state index is 12.1. The number of benzene rings is 1. The Morgan fingerprint density at radius 2 is 1.86 bits per heavy atom. The normalized spacial score (nSPS) is 15.3. The lowest BCUT2D eigenvalue weighted by atomic mass is 10.1. The Morgan fingerprint density at radius 3 is 2.45 bits per heavy atom. The van der Waals surface area contributed by atoms with E-state index in [0.29, 0.717) is 23.2 Å². The van der Waals surface area contributed by atoms with E-state index in [9.17, 15) is 9.59 Å². The van der Waals surface area contributed by atoms with Crippen LogP contribution in [0.5, 0.6) is 0 Å². The topological polar surface area (TPSA) is 70.2 Å². The number of anilines is 1. The van der Waals surface area contributed by atoms with E-state index < -0.39 is 0 Å². The highest BCUT2D eigenvalue weighted by atomic mass is 16.2. The molecule has 3 amide bonds. The van der Waals surface area contributed by atoms with Crippen LogP contribution in [0.15, 0.2) is 18.2 Å². The summed E-state index contributed by atoms with van der Waals surface area (Å²) in [6.45, 7) is 7.98. The van der Waals surface area contributed by atoms with Gasteiger partial charge in [-0.3, -0.25) is 4.79 Å². The van der Waals surface area contributed by atoms with Crippen LogP contribution in [0.3, 0.4) is 0 Å². The van der Waals surface area contributed by atoms with Crippen LogP contribution in [0.1, 0.15) is 49.5 Å². The predicted octanol–water partition coefficient (Wildman–Crippen LogP) is 3.05. The standard InChI is InChI=1S/C17H25N3O2/c1-10(2)12(4)18-17(22)20-15-9-13(6-5-11(15)3)16(21)19-14-7-8-14/h5-6,9-10,12,14H,7-8H2,1-4H3,(H,19,21)(H2,18,20,22)/t12-/m0/s1. The summed E-state index contributed by atoms with van der Waals surface area (Å²) < 4.78 is 0. The van der Waals surface area contributed by atoms with Crippen molar-refractivity contribution in [2.45, 2.75) is 52.6 Å². The van der Waals surface area contributed by atoms with Crippen molar-refractivity contribution < 1.29 is 9.59 Å². The van der Waals surface area contributed by atoms with Gasteiger partial charge in [-0.05, 0) is 50.3 Å². The number of hydrogen-bond donors (Lipinski definition) is 3. The van der Waals surface area contributed by atoms with Gasteiger partial charge in [0.05, 0.1) is 0 Å². The molecule has 0 radical (unpaired) electrons. The number of nitrogens with one attached hydrogen (secondary N) is 3. The second-order valence-corrected chi connectivity index (χ2v) is 6.41. The average molecular weight is 303 g/mol. The zero-order valence-corrected chi connectivity index (χ0v) is 13.7. The summed E-state index contributed by atoms with van der Waals surface area (Å²) in [5, 5.41) is 8.68. The Labute approximate surface area is 131 Å². The number of urea groups is 1. The molecular weight excluding hydrogens is 278 g/mol. The largest absolute Gasteiger partial charge is 0.349 e. The Kier molecular flexibility index (Phi) is 5.06. The molecule has 0 bridgehead atoms. The van der Waals surface area contributed by atoms with E-state index in [-0.39, 0.29) is 18.0 Å². The highest BCUT2D eigenvalue weighted by Gasteiger charge is 2.24. The Morgan fingerprint density at radius 1 is 1.18 bits per heavy atom. The van der Waals surface area contributed by atoms with Gasteiger partial charge in [-0.25, -0.2) is 4.79 Å². The lowest BCUT2D eigenvalue weighted by Gasteiger charge is -2.18. The van der Waals surface area contributed by atoms with E-state index in [1.165, 1.54) is 0 Å². The number of amides is 3. The fraction of sp³-hybridized carbons (Fsp3) is 0.529. The molecule has 0 aliphatic heterocycles. The molecule has 22 heavy (non-hydrogen) atoms. The third-order valence-corrected chi connectivity index (χ3v) is 4.02. The minimum Gasteiger partial charge on any atom is -0.349 e. The summed E-state index contributed by atoms with van der Waals surface area (Å²) in [7, 11) is 0. The predicted molar refractivity (Wildman–Crippen MR) is 88.1 cm³/mol. The SMILES string of the molecule is Cc1ccc(C(=O)NC2CC2)cc1NC(=O)N[C@@H](C)C(C)C. The van der Waals surface area contributed by atoms with Crippen molar-refractivity contribution in [3.63, 3.8) is 0 Å². The third kappa shape index (κ3) is 4.48. The summed E-state index contributed by atoms with van der Waals surface area (Å²) >= 11 is 0. The first-order valence-electron chi connectivity index (χ1n) is 7.86. The van der Waals surface area contributed by atoms with Gasteiger partial charge in [0.25, 0.3) is 5.91 Å². The van der Waals surface area contributed by atoms with Crippen molar-refractivity contribution >= 4 is 17.6 Å². The zero-order chi connectivity index (χ0) is 16.3. The number of rotatable bonds is 5. The molecular formula is C17H25N3O2. The molecule has 1 fully saturated rings. The molecule has 1 aliphatic rings. The third-order valence-electron chi connectivity index (χ3n) is 4.02. The highest BCUT2D eigenvalue weighted by molar-refractivity contribution is 5.97. The number of carbonyl (C=O) groups is 2. The Hall–Kier alpha value is -2.04. The molecule has 0 heterocycles. The molecule has 0 aromatic heterocycles. The lowest BCUT2D eigenvalue weighted by Crippen LogP contribution is -2.39. The van der Waals surface area contributed by atoms with Gasteiger partial charge in [0, 0.05) is 23.3 Å². The van der Waals surface area contributed by atoms with Gasteiger partial charge in [-0.1, -0.05) is 19.9 Å². The van der Waals surface area contributed by atoms with Crippen molar-refractivity contribution in [2.75, 3.05) is 5.32 Å². The second kappa shape index (κ2) is 6.81. The summed E-state index contributed by atoms with van der Waals surface area (Å²) in [6.07, 6.45) is 2.11. The first kappa shape index (κ1) is 16.3.